The third-order valence-electron chi connectivity index (χ3n) is 4.43. The van der Waals surface area contributed by atoms with Crippen molar-refractivity contribution in [3.8, 4) is 5.75 Å². The van der Waals surface area contributed by atoms with Gasteiger partial charge < -0.3 is 9.30 Å². The second-order valence-electron chi connectivity index (χ2n) is 5.79. The molecule has 0 spiro atoms. The monoisotopic (exact) mass is 292 g/mol. The van der Waals surface area contributed by atoms with Crippen molar-refractivity contribution >= 4 is 22.6 Å². The number of halogens is 1. The molecule has 1 aromatic carbocycles. The quantitative estimate of drug-likeness (QED) is 0.766. The summed E-state index contributed by atoms with van der Waals surface area (Å²) < 4.78 is 7.66. The summed E-state index contributed by atoms with van der Waals surface area (Å²) in [6.07, 6.45) is 3.80. The van der Waals surface area contributed by atoms with Crippen LogP contribution in [0.1, 0.15) is 50.4 Å². The van der Waals surface area contributed by atoms with E-state index in [1.54, 1.807) is 7.11 Å². The van der Waals surface area contributed by atoms with Gasteiger partial charge in [-0.25, -0.2) is 4.98 Å². The number of rotatable bonds is 3. The van der Waals surface area contributed by atoms with Crippen molar-refractivity contribution < 1.29 is 4.74 Å². The summed E-state index contributed by atoms with van der Waals surface area (Å²) in [6.45, 7) is 4.33. The van der Waals surface area contributed by atoms with Crippen LogP contribution in [0.5, 0.6) is 5.75 Å². The zero-order valence-electron chi connectivity index (χ0n) is 12.3. The Balaban J connectivity index is 2.19. The van der Waals surface area contributed by atoms with Gasteiger partial charge in [0.1, 0.15) is 11.6 Å². The molecular weight excluding hydrogens is 272 g/mol. The molecule has 0 bridgehead atoms. The molecule has 3 rings (SSSR count). The molecule has 0 radical (unpaired) electrons. The Morgan fingerprint density at radius 1 is 1.40 bits per heavy atom. The van der Waals surface area contributed by atoms with Crippen LogP contribution in [0.4, 0.5) is 0 Å². The highest BCUT2D eigenvalue weighted by molar-refractivity contribution is 6.20. The molecule has 1 fully saturated rings. The number of hydrogen-bond acceptors (Lipinski definition) is 2. The van der Waals surface area contributed by atoms with Gasteiger partial charge in [-0.2, -0.15) is 0 Å². The molecule has 1 aromatic heterocycles. The maximum absolute atomic E-state index is 6.37. The summed E-state index contributed by atoms with van der Waals surface area (Å²) in [6, 6.07) is 6.62. The normalized spacial score (nSPS) is 24.2. The Morgan fingerprint density at radius 3 is 2.80 bits per heavy atom. The van der Waals surface area contributed by atoms with E-state index in [0.29, 0.717) is 12.0 Å². The van der Waals surface area contributed by atoms with Crippen LogP contribution >= 0.6 is 11.6 Å². The number of hydrogen-bond donors (Lipinski definition) is 0. The van der Waals surface area contributed by atoms with Gasteiger partial charge in [-0.15, -0.1) is 11.6 Å². The van der Waals surface area contributed by atoms with Gasteiger partial charge >= 0.3 is 0 Å². The van der Waals surface area contributed by atoms with Gasteiger partial charge in [0.25, 0.3) is 0 Å². The minimum atomic E-state index is -0.0822. The van der Waals surface area contributed by atoms with E-state index in [4.69, 9.17) is 21.3 Å². The molecule has 0 saturated heterocycles. The molecule has 1 heterocycles. The predicted molar refractivity (Wildman–Crippen MR) is 82.6 cm³/mol. The smallest absolute Gasteiger partial charge is 0.127 e. The number of ether oxygens (including phenoxy) is 1. The van der Waals surface area contributed by atoms with Gasteiger partial charge in [-0.05, 0) is 37.8 Å². The first-order valence-corrected chi connectivity index (χ1v) is 7.75. The molecular formula is C16H21ClN2O. The second kappa shape index (κ2) is 5.28. The molecule has 1 aliphatic carbocycles. The highest BCUT2D eigenvalue weighted by atomic mass is 35.5. The number of aromatic nitrogens is 2. The van der Waals surface area contributed by atoms with Crippen LogP contribution in [-0.4, -0.2) is 16.7 Å². The van der Waals surface area contributed by atoms with Gasteiger partial charge in [0.15, 0.2) is 0 Å². The van der Waals surface area contributed by atoms with E-state index < -0.39 is 0 Å². The molecule has 1 saturated carbocycles. The van der Waals surface area contributed by atoms with Crippen LogP contribution < -0.4 is 4.74 Å². The fourth-order valence-electron chi connectivity index (χ4n) is 3.36. The van der Waals surface area contributed by atoms with Crippen LogP contribution in [0.3, 0.4) is 0 Å². The van der Waals surface area contributed by atoms with Crippen molar-refractivity contribution in [1.29, 1.82) is 0 Å². The number of methoxy groups -OCH3 is 1. The number of alkyl halides is 1. The first-order valence-electron chi connectivity index (χ1n) is 7.31. The van der Waals surface area contributed by atoms with E-state index in [-0.39, 0.29) is 5.38 Å². The molecule has 0 aliphatic heterocycles. The molecule has 3 unspecified atom stereocenters. The van der Waals surface area contributed by atoms with Crippen molar-refractivity contribution in [1.82, 2.24) is 9.55 Å². The van der Waals surface area contributed by atoms with Gasteiger partial charge in [-0.3, -0.25) is 0 Å². The zero-order valence-corrected chi connectivity index (χ0v) is 13.0. The molecule has 0 amide bonds. The van der Waals surface area contributed by atoms with Crippen molar-refractivity contribution in [2.75, 3.05) is 7.11 Å². The highest BCUT2D eigenvalue weighted by Gasteiger charge is 2.29. The molecule has 20 heavy (non-hydrogen) atoms. The van der Waals surface area contributed by atoms with E-state index in [1.807, 2.05) is 19.1 Å². The fourth-order valence-corrected chi connectivity index (χ4v) is 3.52. The van der Waals surface area contributed by atoms with Crippen molar-refractivity contribution in [3.05, 3.63) is 24.0 Å². The highest BCUT2D eigenvalue weighted by Crippen LogP contribution is 2.40. The van der Waals surface area contributed by atoms with Gasteiger partial charge in [0.2, 0.25) is 0 Å². The summed E-state index contributed by atoms with van der Waals surface area (Å²) >= 11 is 6.37. The number of imidazole rings is 1. The fraction of sp³-hybridized carbons (Fsp3) is 0.562. The van der Waals surface area contributed by atoms with Gasteiger partial charge in [0, 0.05) is 12.1 Å². The molecule has 1 aliphatic rings. The average molecular weight is 293 g/mol. The van der Waals surface area contributed by atoms with Crippen molar-refractivity contribution in [2.24, 2.45) is 5.92 Å². The standard InChI is InChI=1S/C16H21ClN2O/c1-10-5-4-6-14(10)19-15-8-7-12(20-3)9-13(15)18-16(19)11(2)17/h7-11,14H,4-6H2,1-3H3. The first-order chi connectivity index (χ1) is 9.61. The van der Waals surface area contributed by atoms with E-state index in [0.717, 1.165) is 17.1 Å². The molecule has 0 N–H and O–H groups in total. The summed E-state index contributed by atoms with van der Waals surface area (Å²) in [5.74, 6) is 2.51. The van der Waals surface area contributed by atoms with Crippen LogP contribution in [0.2, 0.25) is 0 Å². The minimum absolute atomic E-state index is 0.0822. The SMILES string of the molecule is COc1ccc2c(c1)nc(C(C)Cl)n2C1CCCC1C. The molecule has 108 valence electrons. The lowest BCUT2D eigenvalue weighted by Gasteiger charge is -2.21. The Hall–Kier alpha value is -1.22. The number of nitrogens with zero attached hydrogens (tertiary/aromatic N) is 2. The Kier molecular flexibility index (Phi) is 3.63. The Labute approximate surface area is 124 Å². The van der Waals surface area contributed by atoms with Crippen LogP contribution in [-0.2, 0) is 0 Å². The third-order valence-corrected chi connectivity index (χ3v) is 4.62. The van der Waals surface area contributed by atoms with Gasteiger partial charge in [0.05, 0.1) is 23.5 Å². The first kappa shape index (κ1) is 13.7. The van der Waals surface area contributed by atoms with E-state index >= 15 is 0 Å². The van der Waals surface area contributed by atoms with Crippen LogP contribution in [0.25, 0.3) is 11.0 Å². The summed E-state index contributed by atoms with van der Waals surface area (Å²) in [7, 11) is 1.68. The molecule has 3 nitrogen and oxygen atoms in total. The summed E-state index contributed by atoms with van der Waals surface area (Å²) in [5.41, 5.74) is 2.15. The van der Waals surface area contributed by atoms with Gasteiger partial charge in [-0.1, -0.05) is 13.3 Å². The maximum atomic E-state index is 6.37. The molecule has 3 atom stereocenters. The largest absolute Gasteiger partial charge is 0.497 e. The topological polar surface area (TPSA) is 27.1 Å². The third kappa shape index (κ3) is 2.18. The molecule has 4 heteroatoms. The summed E-state index contributed by atoms with van der Waals surface area (Å²) in [4.78, 5) is 4.75. The lowest BCUT2D eigenvalue weighted by molar-refractivity contribution is 0.405. The van der Waals surface area contributed by atoms with Crippen molar-refractivity contribution in [3.63, 3.8) is 0 Å². The number of benzene rings is 1. The summed E-state index contributed by atoms with van der Waals surface area (Å²) in [5, 5.41) is -0.0822. The lowest BCUT2D eigenvalue weighted by Crippen LogP contribution is -2.15. The van der Waals surface area contributed by atoms with E-state index in [9.17, 15) is 0 Å². The Morgan fingerprint density at radius 2 is 2.20 bits per heavy atom. The van der Waals surface area contributed by atoms with E-state index in [1.165, 1.54) is 24.8 Å². The zero-order chi connectivity index (χ0) is 14.3. The number of fused-ring (bicyclic) bond motifs is 1. The van der Waals surface area contributed by atoms with Crippen molar-refractivity contribution in [2.45, 2.75) is 44.5 Å². The molecule has 2 aromatic rings. The predicted octanol–water partition coefficient (Wildman–Crippen LogP) is 4.71. The minimum Gasteiger partial charge on any atom is -0.497 e. The second-order valence-corrected chi connectivity index (χ2v) is 6.44. The average Bonchev–Trinajstić information content (AvgIpc) is 3.00. The lowest BCUT2D eigenvalue weighted by atomic mass is 10.1. The maximum Gasteiger partial charge on any atom is 0.127 e. The van der Waals surface area contributed by atoms with E-state index in [2.05, 4.69) is 17.6 Å². The van der Waals surface area contributed by atoms with Crippen LogP contribution in [0.15, 0.2) is 18.2 Å². The Bertz CT molecular complexity index is 620. The van der Waals surface area contributed by atoms with Crippen LogP contribution in [0, 0.1) is 5.92 Å².